The predicted molar refractivity (Wildman–Crippen MR) is 133 cm³/mol. The summed E-state index contributed by atoms with van der Waals surface area (Å²) in [6, 6.07) is -1.33. The molecule has 2 bridgehead atoms. The molecular formula is C24H35BrN2O5S. The van der Waals surface area contributed by atoms with Gasteiger partial charge in [0, 0.05) is 22.7 Å². The van der Waals surface area contributed by atoms with Crippen LogP contribution in [0, 0.1) is 11.8 Å². The van der Waals surface area contributed by atoms with Crippen LogP contribution in [-0.2, 0) is 19.1 Å². The fourth-order valence-electron chi connectivity index (χ4n) is 5.61. The SMILES string of the molecule is C=CCCOC(=O)[C@H]1[C@@H]2SC3(CC2Br)C(C(=O)N(CC=C)C(C)C)N([C@@H](CC)CO)C(=O)[C@H]13. The van der Waals surface area contributed by atoms with Gasteiger partial charge in [-0.2, -0.15) is 0 Å². The van der Waals surface area contributed by atoms with Gasteiger partial charge in [-0.15, -0.1) is 24.9 Å². The number of likely N-dealkylation sites (tertiary alicyclic amines) is 1. The third-order valence-corrected chi connectivity index (χ3v) is 10.3. The fraction of sp³-hybridized carbons (Fsp3) is 0.708. The lowest BCUT2D eigenvalue weighted by Gasteiger charge is -2.40. The lowest BCUT2D eigenvalue weighted by Crippen LogP contribution is -2.58. The molecule has 0 aromatic heterocycles. The molecule has 3 rings (SSSR count). The summed E-state index contributed by atoms with van der Waals surface area (Å²) in [5, 5.41) is 9.96. The van der Waals surface area contributed by atoms with Crippen molar-refractivity contribution in [2.75, 3.05) is 19.8 Å². The van der Waals surface area contributed by atoms with Gasteiger partial charge in [0.1, 0.15) is 6.04 Å². The number of fused-ring (bicyclic) bond motifs is 1. The van der Waals surface area contributed by atoms with Crippen LogP contribution in [0.3, 0.4) is 0 Å². The van der Waals surface area contributed by atoms with Crippen LogP contribution in [0.1, 0.15) is 40.0 Å². The van der Waals surface area contributed by atoms with E-state index in [-0.39, 0.29) is 41.1 Å². The first-order valence-corrected chi connectivity index (χ1v) is 13.4. The molecule has 3 aliphatic heterocycles. The monoisotopic (exact) mass is 542 g/mol. The maximum atomic E-state index is 14.0. The van der Waals surface area contributed by atoms with Gasteiger partial charge in [-0.3, -0.25) is 14.4 Å². The molecule has 1 spiro atoms. The molecule has 1 N–H and O–H groups in total. The van der Waals surface area contributed by atoms with Crippen molar-refractivity contribution in [3.8, 4) is 0 Å². The average molecular weight is 544 g/mol. The third-order valence-electron chi connectivity index (χ3n) is 7.11. The van der Waals surface area contributed by atoms with E-state index in [0.717, 1.165) is 0 Å². The Bertz CT molecular complexity index is 804. The van der Waals surface area contributed by atoms with Crippen molar-refractivity contribution in [2.24, 2.45) is 11.8 Å². The molecule has 3 aliphatic rings. The van der Waals surface area contributed by atoms with Gasteiger partial charge < -0.3 is 19.6 Å². The van der Waals surface area contributed by atoms with Gasteiger partial charge in [0.05, 0.1) is 35.8 Å². The number of halogens is 1. The lowest BCUT2D eigenvalue weighted by molar-refractivity contribution is -0.154. The zero-order chi connectivity index (χ0) is 24.5. The van der Waals surface area contributed by atoms with Crippen molar-refractivity contribution in [2.45, 2.75) is 73.0 Å². The smallest absolute Gasteiger partial charge is 0.310 e. The minimum Gasteiger partial charge on any atom is -0.465 e. The maximum Gasteiger partial charge on any atom is 0.310 e. The van der Waals surface area contributed by atoms with E-state index in [1.807, 2.05) is 20.8 Å². The highest BCUT2D eigenvalue weighted by Gasteiger charge is 2.76. The molecule has 3 fully saturated rings. The summed E-state index contributed by atoms with van der Waals surface area (Å²) >= 11 is 5.31. The van der Waals surface area contributed by atoms with Gasteiger partial charge >= 0.3 is 5.97 Å². The number of carbonyl (C=O) groups is 3. The molecule has 3 saturated heterocycles. The molecule has 7 nitrogen and oxygen atoms in total. The van der Waals surface area contributed by atoms with Crippen molar-refractivity contribution in [1.82, 2.24) is 9.80 Å². The molecule has 184 valence electrons. The maximum absolute atomic E-state index is 14.0. The predicted octanol–water partition coefficient (Wildman–Crippen LogP) is 2.76. The Kier molecular flexibility index (Phi) is 8.38. The van der Waals surface area contributed by atoms with Crippen molar-refractivity contribution in [1.29, 1.82) is 0 Å². The topological polar surface area (TPSA) is 87.2 Å². The lowest BCUT2D eigenvalue weighted by atomic mass is 9.71. The normalized spacial score (nSPS) is 33.2. The van der Waals surface area contributed by atoms with Gasteiger partial charge in [-0.05, 0) is 33.1 Å². The standard InChI is InChI=1S/C24H35BrN2O5S/c1-6-9-11-32-23(31)17-18-21(29)27(15(8-3)13-28)20(22(30)26(10-7-2)14(4)5)24(18)12-16(25)19(17)33-24/h6-7,14-20,28H,1-2,8-13H2,3-5H3/t15-,16?,17+,18-,19+,20?,24?/m0/s1. The number of thioether (sulfide) groups is 1. The third kappa shape index (κ3) is 4.29. The second-order valence-corrected chi connectivity index (χ2v) is 12.0. The molecule has 0 aromatic rings. The Labute approximate surface area is 209 Å². The van der Waals surface area contributed by atoms with Crippen LogP contribution >= 0.6 is 27.7 Å². The zero-order valence-corrected chi connectivity index (χ0v) is 22.0. The number of carbonyl (C=O) groups excluding carboxylic acids is 3. The number of alkyl halides is 1. The van der Waals surface area contributed by atoms with E-state index in [0.29, 0.717) is 25.8 Å². The van der Waals surface area contributed by atoms with Crippen LogP contribution in [0.25, 0.3) is 0 Å². The van der Waals surface area contributed by atoms with E-state index in [9.17, 15) is 19.5 Å². The van der Waals surface area contributed by atoms with Gasteiger partial charge in [0.2, 0.25) is 11.8 Å². The van der Waals surface area contributed by atoms with Crippen LogP contribution in [0.15, 0.2) is 25.3 Å². The van der Waals surface area contributed by atoms with Gasteiger partial charge in [-0.1, -0.05) is 35.0 Å². The van der Waals surface area contributed by atoms with Crippen molar-refractivity contribution < 1.29 is 24.2 Å². The Balaban J connectivity index is 2.07. The highest BCUT2D eigenvalue weighted by molar-refractivity contribution is 9.09. The summed E-state index contributed by atoms with van der Waals surface area (Å²) in [7, 11) is 0. The number of aliphatic hydroxyl groups excluding tert-OH is 1. The van der Waals surface area contributed by atoms with Gasteiger partial charge in [0.25, 0.3) is 0 Å². The summed E-state index contributed by atoms with van der Waals surface area (Å²) in [6.45, 7) is 13.6. The summed E-state index contributed by atoms with van der Waals surface area (Å²) in [6.07, 6.45) is 5.02. The Morgan fingerprint density at radius 3 is 2.64 bits per heavy atom. The first-order chi connectivity index (χ1) is 15.7. The molecule has 2 amide bonds. The van der Waals surface area contributed by atoms with Crippen LogP contribution in [0.2, 0.25) is 0 Å². The molecule has 0 aromatic carbocycles. The van der Waals surface area contributed by atoms with Crippen LogP contribution in [-0.4, -0.2) is 85.4 Å². The van der Waals surface area contributed by atoms with E-state index >= 15 is 0 Å². The summed E-state index contributed by atoms with van der Waals surface area (Å²) in [5.74, 6) is -2.05. The number of nitrogens with zero attached hydrogens (tertiary/aromatic N) is 2. The van der Waals surface area contributed by atoms with E-state index in [1.165, 1.54) is 0 Å². The van der Waals surface area contributed by atoms with E-state index in [1.54, 1.807) is 33.7 Å². The molecule has 7 atom stereocenters. The number of amides is 2. The number of hydrogen-bond acceptors (Lipinski definition) is 6. The number of hydrogen-bond donors (Lipinski definition) is 1. The number of rotatable bonds is 11. The Morgan fingerprint density at radius 1 is 1.39 bits per heavy atom. The van der Waals surface area contributed by atoms with Gasteiger partial charge in [-0.25, -0.2) is 0 Å². The van der Waals surface area contributed by atoms with Crippen LogP contribution in [0.5, 0.6) is 0 Å². The van der Waals surface area contributed by atoms with Crippen molar-refractivity contribution >= 4 is 45.5 Å². The molecular weight excluding hydrogens is 508 g/mol. The summed E-state index contributed by atoms with van der Waals surface area (Å²) in [4.78, 5) is 44.4. The van der Waals surface area contributed by atoms with Gasteiger partial charge in [0.15, 0.2) is 0 Å². The van der Waals surface area contributed by atoms with E-state index in [2.05, 4.69) is 29.1 Å². The second kappa shape index (κ2) is 10.5. The molecule has 0 aliphatic carbocycles. The minimum absolute atomic E-state index is 0.0140. The molecule has 3 unspecified atom stereocenters. The van der Waals surface area contributed by atoms with Crippen LogP contribution in [0.4, 0.5) is 0 Å². The largest absolute Gasteiger partial charge is 0.465 e. The Hall–Kier alpha value is -1.32. The van der Waals surface area contributed by atoms with Crippen molar-refractivity contribution in [3.63, 3.8) is 0 Å². The quantitative estimate of drug-likeness (QED) is 0.187. The zero-order valence-electron chi connectivity index (χ0n) is 19.6. The fourth-order valence-corrected chi connectivity index (χ4v) is 9.19. The first kappa shape index (κ1) is 26.3. The Morgan fingerprint density at radius 2 is 2.09 bits per heavy atom. The summed E-state index contributed by atoms with van der Waals surface area (Å²) in [5.41, 5.74) is 0. The molecule has 9 heteroatoms. The molecule has 3 heterocycles. The number of aliphatic hydroxyl groups is 1. The minimum atomic E-state index is -0.754. The molecule has 0 radical (unpaired) electrons. The highest BCUT2D eigenvalue weighted by atomic mass is 79.9. The average Bonchev–Trinajstić information content (AvgIpc) is 3.36. The van der Waals surface area contributed by atoms with Crippen LogP contribution < -0.4 is 0 Å². The second-order valence-electron chi connectivity index (χ2n) is 9.27. The van der Waals surface area contributed by atoms with E-state index in [4.69, 9.17) is 4.74 Å². The highest BCUT2D eigenvalue weighted by Crippen LogP contribution is 2.68. The number of ether oxygens (including phenoxy) is 1. The number of esters is 1. The first-order valence-electron chi connectivity index (χ1n) is 11.6. The molecule has 33 heavy (non-hydrogen) atoms. The summed E-state index contributed by atoms with van der Waals surface area (Å²) < 4.78 is 4.77. The van der Waals surface area contributed by atoms with Crippen molar-refractivity contribution in [3.05, 3.63) is 25.3 Å². The van der Waals surface area contributed by atoms with E-state index < -0.39 is 34.6 Å². The molecule has 0 saturated carbocycles.